The molecule has 3 aliphatic carbocycles. The van der Waals surface area contributed by atoms with Crippen LogP contribution in [0.3, 0.4) is 0 Å². The molecule has 0 radical (unpaired) electrons. The van der Waals surface area contributed by atoms with E-state index >= 15 is 0 Å². The normalized spacial score (nSPS) is 28.4. The molecule has 0 saturated heterocycles. The summed E-state index contributed by atoms with van der Waals surface area (Å²) in [6.07, 6.45) is -8.67. The number of ether oxygens (including phenoxy) is 4. The van der Waals surface area contributed by atoms with Gasteiger partial charge >= 0.3 is 24.3 Å². The van der Waals surface area contributed by atoms with Crippen LogP contribution in [0.4, 0.5) is 26.3 Å². The molecule has 3 aliphatic rings. The van der Waals surface area contributed by atoms with Gasteiger partial charge in [-0.2, -0.15) is 26.3 Å². The number of benzene rings is 3. The third-order valence-corrected chi connectivity index (χ3v) is 13.2. The minimum Gasteiger partial charge on any atom is -0.459 e. The van der Waals surface area contributed by atoms with Crippen molar-refractivity contribution in [1.29, 1.82) is 0 Å². The molecule has 7 atom stereocenters. The average molecular weight is 761 g/mol. The summed E-state index contributed by atoms with van der Waals surface area (Å²) in [5, 5.41) is 0. The number of hydrogen-bond acceptors (Lipinski definition) is 6. The molecule has 0 aromatic heterocycles. The van der Waals surface area contributed by atoms with E-state index in [1.54, 1.807) is 19.1 Å². The molecule has 292 valence electrons. The summed E-state index contributed by atoms with van der Waals surface area (Å²) in [5.74, 6) is -3.23. The zero-order valence-electron chi connectivity index (χ0n) is 31.4. The molecule has 54 heavy (non-hydrogen) atoms. The van der Waals surface area contributed by atoms with Crippen molar-refractivity contribution in [3.05, 3.63) is 101 Å². The molecular formula is C42H46F6O6. The third-order valence-electron chi connectivity index (χ3n) is 13.2. The van der Waals surface area contributed by atoms with Gasteiger partial charge in [0.05, 0.1) is 0 Å². The van der Waals surface area contributed by atoms with Crippen molar-refractivity contribution in [2.24, 2.45) is 22.7 Å². The Morgan fingerprint density at radius 1 is 0.685 bits per heavy atom. The van der Waals surface area contributed by atoms with Gasteiger partial charge in [0, 0.05) is 41.7 Å². The molecule has 0 heterocycles. The number of carbonyl (C=O) groups is 2. The average Bonchev–Trinajstić information content (AvgIpc) is 3.42. The molecule has 3 aromatic rings. The number of alkyl halides is 6. The lowest BCUT2D eigenvalue weighted by Crippen LogP contribution is -2.60. The van der Waals surface area contributed by atoms with Gasteiger partial charge in [0.1, 0.15) is 11.9 Å². The van der Waals surface area contributed by atoms with E-state index in [-0.39, 0.29) is 29.6 Å². The van der Waals surface area contributed by atoms with Crippen molar-refractivity contribution < 1.29 is 54.9 Å². The number of halogens is 6. The van der Waals surface area contributed by atoms with Crippen LogP contribution < -0.4 is 4.74 Å². The zero-order valence-corrected chi connectivity index (χ0v) is 31.4. The molecule has 6 rings (SSSR count). The first kappa shape index (κ1) is 39.8. The van der Waals surface area contributed by atoms with E-state index in [2.05, 4.69) is 13.8 Å². The van der Waals surface area contributed by atoms with Crippen LogP contribution in [0.5, 0.6) is 5.75 Å². The van der Waals surface area contributed by atoms with Gasteiger partial charge in [0.25, 0.3) is 11.2 Å². The second kappa shape index (κ2) is 13.4. The van der Waals surface area contributed by atoms with Gasteiger partial charge in [-0.15, -0.1) is 0 Å². The summed E-state index contributed by atoms with van der Waals surface area (Å²) < 4.78 is 111. The van der Waals surface area contributed by atoms with Crippen LogP contribution in [0, 0.1) is 29.6 Å². The first-order valence-corrected chi connectivity index (χ1v) is 18.1. The van der Waals surface area contributed by atoms with Gasteiger partial charge in [-0.25, -0.2) is 9.59 Å². The second-order valence-electron chi connectivity index (χ2n) is 16.2. The van der Waals surface area contributed by atoms with Gasteiger partial charge in [0.15, 0.2) is 0 Å². The van der Waals surface area contributed by atoms with E-state index in [9.17, 15) is 35.9 Å². The number of carbonyl (C=O) groups excluding carboxylic acids is 2. The Bertz CT molecular complexity index is 1890. The highest BCUT2D eigenvalue weighted by molar-refractivity contribution is 5.85. The molecule has 2 saturated carbocycles. The monoisotopic (exact) mass is 760 g/mol. The Hall–Kier alpha value is -3.90. The quantitative estimate of drug-likeness (QED) is 0.129. The van der Waals surface area contributed by atoms with Crippen molar-refractivity contribution in [1.82, 2.24) is 0 Å². The van der Waals surface area contributed by atoms with Crippen LogP contribution in [0.25, 0.3) is 0 Å². The lowest BCUT2D eigenvalue weighted by Gasteiger charge is -2.62. The molecule has 0 unspecified atom stereocenters. The van der Waals surface area contributed by atoms with Crippen molar-refractivity contribution in [2.75, 3.05) is 14.2 Å². The molecule has 0 N–H and O–H groups in total. The highest BCUT2D eigenvalue weighted by Crippen LogP contribution is 2.69. The Kier molecular flexibility index (Phi) is 9.87. The molecule has 0 amide bonds. The maximum atomic E-state index is 14.9. The summed E-state index contributed by atoms with van der Waals surface area (Å²) in [7, 11) is 1.68. The standard InChI is InChI=1S/C42H46F6O6/c1-25-18-19-26-24-30-37(4)23-21-31(53-34(49)39(51-6,41(43,44)45)27-14-10-8-11-15-27)36(2,3)29(37)20-22-38(30,5)32(26)33(25)54-35(50)40(52-7,42(46,47)48)28-16-12-9-13-17-28/h8-19,29-31H,20-24H2,1-7H3/t29-,30+,31-,37-,38-,39-,40-/m0/s1. The molecule has 3 aromatic carbocycles. The van der Waals surface area contributed by atoms with Gasteiger partial charge in [-0.1, -0.05) is 100 Å². The summed E-state index contributed by atoms with van der Waals surface area (Å²) in [6, 6.07) is 17.1. The fraction of sp³-hybridized carbons (Fsp3) is 0.524. The van der Waals surface area contributed by atoms with E-state index in [0.29, 0.717) is 36.8 Å². The number of aryl methyl sites for hydroxylation is 1. The van der Waals surface area contributed by atoms with Gasteiger partial charge < -0.3 is 18.9 Å². The van der Waals surface area contributed by atoms with E-state index in [0.717, 1.165) is 19.8 Å². The lowest BCUT2D eigenvalue weighted by molar-refractivity contribution is -0.283. The number of esters is 2. The fourth-order valence-electron chi connectivity index (χ4n) is 10.5. The first-order chi connectivity index (χ1) is 25.2. The highest BCUT2D eigenvalue weighted by atomic mass is 19.4. The van der Waals surface area contributed by atoms with Gasteiger partial charge in [-0.3, -0.25) is 0 Å². The molecular weight excluding hydrogens is 714 g/mol. The summed E-state index contributed by atoms with van der Waals surface area (Å²) in [5.41, 5.74) is -7.27. The maximum absolute atomic E-state index is 14.9. The SMILES string of the molecule is CO[C@](C(=O)Oc1c(C)ccc2c1[C@@]1(C)CC[C@H]3C(C)(C)[C@@H](OC(=O)[C@@](OC)(c4ccccc4)C(F)(F)F)CC[C@]3(C)[C@H]1C2)(c1ccccc1)C(F)(F)F. The van der Waals surface area contributed by atoms with Crippen molar-refractivity contribution in [3.8, 4) is 5.75 Å². The predicted octanol–water partition coefficient (Wildman–Crippen LogP) is 9.69. The van der Waals surface area contributed by atoms with E-state index in [1.165, 1.54) is 54.6 Å². The van der Waals surface area contributed by atoms with Crippen LogP contribution in [0.2, 0.25) is 0 Å². The number of methoxy groups -OCH3 is 2. The van der Waals surface area contributed by atoms with Crippen LogP contribution >= 0.6 is 0 Å². The Morgan fingerprint density at radius 3 is 1.70 bits per heavy atom. The van der Waals surface area contributed by atoms with Crippen molar-refractivity contribution >= 4 is 11.9 Å². The molecule has 2 fully saturated rings. The topological polar surface area (TPSA) is 71.1 Å². The minimum atomic E-state index is -5.15. The van der Waals surface area contributed by atoms with E-state index in [1.807, 2.05) is 19.9 Å². The number of fused-ring (bicyclic) bond motifs is 5. The Balaban J connectivity index is 1.32. The Morgan fingerprint density at radius 2 is 1.20 bits per heavy atom. The van der Waals surface area contributed by atoms with E-state index in [4.69, 9.17) is 18.9 Å². The van der Waals surface area contributed by atoms with Crippen molar-refractivity contribution in [3.63, 3.8) is 0 Å². The van der Waals surface area contributed by atoms with Crippen LogP contribution in [-0.2, 0) is 46.8 Å². The molecule has 0 bridgehead atoms. The van der Waals surface area contributed by atoms with Gasteiger partial charge in [0.2, 0.25) is 0 Å². The summed E-state index contributed by atoms with van der Waals surface area (Å²) in [4.78, 5) is 27.6. The number of hydrogen-bond donors (Lipinski definition) is 0. The lowest BCUT2D eigenvalue weighted by atomic mass is 9.43. The largest absolute Gasteiger partial charge is 0.459 e. The first-order valence-electron chi connectivity index (χ1n) is 18.1. The molecule has 6 nitrogen and oxygen atoms in total. The molecule has 0 spiro atoms. The molecule has 0 aliphatic heterocycles. The second-order valence-corrected chi connectivity index (χ2v) is 16.2. The summed E-state index contributed by atoms with van der Waals surface area (Å²) in [6.45, 7) is 9.74. The van der Waals surface area contributed by atoms with Crippen molar-refractivity contribution in [2.45, 2.75) is 102 Å². The van der Waals surface area contributed by atoms with Crippen LogP contribution in [0.1, 0.15) is 81.2 Å². The van der Waals surface area contributed by atoms with Gasteiger partial charge in [-0.05, 0) is 67.4 Å². The third kappa shape index (κ3) is 5.68. The van der Waals surface area contributed by atoms with Crippen LogP contribution in [0.15, 0.2) is 72.8 Å². The minimum absolute atomic E-state index is 0.0737. The smallest absolute Gasteiger partial charge is 0.432 e. The fourth-order valence-corrected chi connectivity index (χ4v) is 10.5. The zero-order chi connectivity index (χ0) is 39.7. The molecule has 12 heteroatoms. The summed E-state index contributed by atoms with van der Waals surface area (Å²) >= 11 is 0. The number of rotatable bonds is 8. The highest BCUT2D eigenvalue weighted by Gasteiger charge is 2.68. The predicted molar refractivity (Wildman–Crippen MR) is 187 cm³/mol. The maximum Gasteiger partial charge on any atom is 0.432 e. The van der Waals surface area contributed by atoms with E-state index < -0.39 is 63.4 Å². The Labute approximate surface area is 311 Å². The van der Waals surface area contributed by atoms with Crippen LogP contribution in [-0.4, -0.2) is 44.6 Å².